The van der Waals surface area contributed by atoms with Crippen molar-refractivity contribution in [2.75, 3.05) is 44.2 Å². The summed E-state index contributed by atoms with van der Waals surface area (Å²) in [4.78, 5) is 4.90. The second-order valence-corrected chi connectivity index (χ2v) is 10.5. The molecule has 0 spiro atoms. The molecule has 1 N–H and O–H groups in total. The standard InChI is InChI=1S/C31H39ClN2O2/c1-4-5-21-36-28-15-12-26(13-16-28)31(3,35)29(25-9-7-6-8-10-25)23-33-17-19-34(20-18-33)30-22-27(32)14-11-24(30)2/h6-16,22,29,35H,4-5,17-21,23H2,1-3H3. The van der Waals surface area contributed by atoms with Gasteiger partial charge in [-0.2, -0.15) is 0 Å². The summed E-state index contributed by atoms with van der Waals surface area (Å²) in [5.74, 6) is 0.789. The largest absolute Gasteiger partial charge is 0.494 e. The number of ether oxygens (including phenoxy) is 1. The summed E-state index contributed by atoms with van der Waals surface area (Å²) in [5, 5.41) is 12.7. The monoisotopic (exact) mass is 506 g/mol. The number of piperazine rings is 1. The number of aliphatic hydroxyl groups is 1. The minimum absolute atomic E-state index is 0.0648. The lowest BCUT2D eigenvalue weighted by Gasteiger charge is -2.41. The fraction of sp³-hybridized carbons (Fsp3) is 0.419. The number of halogens is 1. The normalized spacial score (nSPS) is 17.0. The van der Waals surface area contributed by atoms with Crippen LogP contribution in [0.2, 0.25) is 5.02 Å². The summed E-state index contributed by atoms with van der Waals surface area (Å²) in [6.07, 6.45) is 2.15. The molecule has 0 amide bonds. The molecule has 0 bridgehead atoms. The fourth-order valence-electron chi connectivity index (χ4n) is 5.07. The third kappa shape index (κ3) is 6.42. The topological polar surface area (TPSA) is 35.9 Å². The van der Waals surface area contributed by atoms with Crippen LogP contribution >= 0.6 is 11.6 Å². The molecule has 1 heterocycles. The van der Waals surface area contributed by atoms with Crippen molar-refractivity contribution >= 4 is 17.3 Å². The smallest absolute Gasteiger partial charge is 0.119 e. The van der Waals surface area contributed by atoms with Crippen LogP contribution in [0.5, 0.6) is 5.75 Å². The zero-order valence-corrected chi connectivity index (χ0v) is 22.5. The van der Waals surface area contributed by atoms with Gasteiger partial charge in [0.2, 0.25) is 0 Å². The van der Waals surface area contributed by atoms with Crippen LogP contribution in [0.15, 0.2) is 72.8 Å². The average molecular weight is 507 g/mol. The van der Waals surface area contributed by atoms with Gasteiger partial charge >= 0.3 is 0 Å². The molecule has 36 heavy (non-hydrogen) atoms. The maximum Gasteiger partial charge on any atom is 0.119 e. The van der Waals surface area contributed by atoms with Crippen molar-refractivity contribution in [2.24, 2.45) is 0 Å². The van der Waals surface area contributed by atoms with E-state index in [2.05, 4.69) is 60.0 Å². The minimum atomic E-state index is -1.02. The predicted octanol–water partition coefficient (Wildman–Crippen LogP) is 6.64. The highest BCUT2D eigenvalue weighted by Gasteiger charge is 2.36. The van der Waals surface area contributed by atoms with E-state index in [1.807, 2.05) is 43.3 Å². The van der Waals surface area contributed by atoms with E-state index in [-0.39, 0.29) is 5.92 Å². The van der Waals surface area contributed by atoms with Crippen molar-refractivity contribution in [2.45, 2.75) is 45.1 Å². The highest BCUT2D eigenvalue weighted by Crippen LogP contribution is 2.38. The van der Waals surface area contributed by atoms with Gasteiger partial charge in [0.05, 0.1) is 12.2 Å². The molecular formula is C31H39ClN2O2. The number of aryl methyl sites for hydroxylation is 1. The highest BCUT2D eigenvalue weighted by atomic mass is 35.5. The van der Waals surface area contributed by atoms with Crippen LogP contribution in [0.3, 0.4) is 0 Å². The molecule has 1 saturated heterocycles. The second kappa shape index (κ2) is 12.1. The average Bonchev–Trinajstić information content (AvgIpc) is 2.90. The molecule has 0 saturated carbocycles. The molecule has 192 valence electrons. The molecule has 5 heteroatoms. The summed E-state index contributed by atoms with van der Waals surface area (Å²) >= 11 is 6.28. The Balaban J connectivity index is 1.49. The first kappa shape index (κ1) is 26.5. The van der Waals surface area contributed by atoms with Gasteiger partial charge in [0.15, 0.2) is 0 Å². The van der Waals surface area contributed by atoms with Crippen molar-refractivity contribution in [3.8, 4) is 5.75 Å². The molecule has 3 aromatic carbocycles. The third-order valence-corrected chi connectivity index (χ3v) is 7.65. The molecule has 4 rings (SSSR count). The van der Waals surface area contributed by atoms with Gasteiger partial charge < -0.3 is 14.7 Å². The maximum atomic E-state index is 11.9. The Labute approximate surface area is 221 Å². The van der Waals surface area contributed by atoms with Crippen molar-refractivity contribution in [3.63, 3.8) is 0 Å². The van der Waals surface area contributed by atoms with Gasteiger partial charge in [-0.1, -0.05) is 73.5 Å². The number of benzene rings is 3. The van der Waals surface area contributed by atoms with Gasteiger partial charge in [-0.25, -0.2) is 0 Å². The quantitative estimate of drug-likeness (QED) is 0.313. The van der Waals surface area contributed by atoms with E-state index in [0.717, 1.165) is 74.1 Å². The Hall–Kier alpha value is -2.53. The molecule has 3 aromatic rings. The molecule has 2 atom stereocenters. The Morgan fingerprint density at radius 1 is 0.972 bits per heavy atom. The van der Waals surface area contributed by atoms with Crippen LogP contribution < -0.4 is 9.64 Å². The van der Waals surface area contributed by atoms with Crippen LogP contribution in [0.1, 0.15) is 49.3 Å². The fourth-order valence-corrected chi connectivity index (χ4v) is 5.24. The molecule has 1 aliphatic heterocycles. The molecule has 1 fully saturated rings. The zero-order valence-electron chi connectivity index (χ0n) is 21.8. The summed E-state index contributed by atoms with van der Waals surface area (Å²) in [6, 6.07) is 24.5. The molecule has 0 radical (unpaired) electrons. The maximum absolute atomic E-state index is 11.9. The van der Waals surface area contributed by atoms with Crippen LogP contribution in [-0.2, 0) is 5.60 Å². The number of hydrogen-bond donors (Lipinski definition) is 1. The van der Waals surface area contributed by atoms with E-state index in [1.54, 1.807) is 0 Å². The Kier molecular flexibility index (Phi) is 8.95. The minimum Gasteiger partial charge on any atom is -0.494 e. The van der Waals surface area contributed by atoms with E-state index in [9.17, 15) is 5.11 Å². The highest BCUT2D eigenvalue weighted by molar-refractivity contribution is 6.30. The first-order valence-electron chi connectivity index (χ1n) is 13.1. The SMILES string of the molecule is CCCCOc1ccc(C(C)(O)C(CN2CCN(c3cc(Cl)ccc3C)CC2)c2ccccc2)cc1. The van der Waals surface area contributed by atoms with Gasteiger partial charge in [0.1, 0.15) is 5.75 Å². The van der Waals surface area contributed by atoms with Crippen LogP contribution in [0.25, 0.3) is 0 Å². The van der Waals surface area contributed by atoms with E-state index < -0.39 is 5.60 Å². The number of hydrogen-bond acceptors (Lipinski definition) is 4. The van der Waals surface area contributed by atoms with Crippen LogP contribution in [0, 0.1) is 6.92 Å². The molecule has 1 aliphatic rings. The number of rotatable bonds is 10. The molecule has 2 unspecified atom stereocenters. The first-order valence-corrected chi connectivity index (χ1v) is 13.5. The first-order chi connectivity index (χ1) is 17.4. The zero-order chi connectivity index (χ0) is 25.5. The van der Waals surface area contributed by atoms with Gasteiger partial charge in [-0.05, 0) is 61.2 Å². The summed E-state index contributed by atoms with van der Waals surface area (Å²) in [7, 11) is 0. The van der Waals surface area contributed by atoms with E-state index in [1.165, 1.54) is 11.3 Å². The van der Waals surface area contributed by atoms with Gasteiger partial charge in [0.25, 0.3) is 0 Å². The number of unbranched alkanes of at least 4 members (excludes halogenated alkanes) is 1. The van der Waals surface area contributed by atoms with Crippen molar-refractivity contribution in [3.05, 3.63) is 94.5 Å². The number of nitrogens with zero attached hydrogens (tertiary/aromatic N) is 2. The van der Waals surface area contributed by atoms with Crippen molar-refractivity contribution in [1.82, 2.24) is 4.90 Å². The molecule has 4 nitrogen and oxygen atoms in total. The van der Waals surface area contributed by atoms with Crippen molar-refractivity contribution in [1.29, 1.82) is 0 Å². The summed E-state index contributed by atoms with van der Waals surface area (Å²) < 4.78 is 5.84. The summed E-state index contributed by atoms with van der Waals surface area (Å²) in [6.45, 7) is 11.5. The van der Waals surface area contributed by atoms with E-state index in [4.69, 9.17) is 16.3 Å². The Morgan fingerprint density at radius 3 is 2.33 bits per heavy atom. The van der Waals surface area contributed by atoms with Crippen LogP contribution in [-0.4, -0.2) is 49.3 Å². The van der Waals surface area contributed by atoms with Gasteiger partial charge in [-0.3, -0.25) is 4.90 Å². The molecular weight excluding hydrogens is 468 g/mol. The lowest BCUT2D eigenvalue weighted by molar-refractivity contribution is 0.0121. The van der Waals surface area contributed by atoms with E-state index in [0.29, 0.717) is 0 Å². The Morgan fingerprint density at radius 2 is 1.67 bits per heavy atom. The lowest BCUT2D eigenvalue weighted by atomic mass is 9.78. The lowest BCUT2D eigenvalue weighted by Crippen LogP contribution is -2.49. The van der Waals surface area contributed by atoms with Crippen molar-refractivity contribution < 1.29 is 9.84 Å². The molecule has 0 aromatic heterocycles. The summed E-state index contributed by atoms with van der Waals surface area (Å²) in [5.41, 5.74) is 3.51. The Bertz CT molecular complexity index is 1090. The third-order valence-electron chi connectivity index (χ3n) is 7.41. The van der Waals surface area contributed by atoms with E-state index >= 15 is 0 Å². The number of anilines is 1. The van der Waals surface area contributed by atoms with Crippen LogP contribution in [0.4, 0.5) is 5.69 Å². The second-order valence-electron chi connectivity index (χ2n) is 10.1. The predicted molar refractivity (Wildman–Crippen MR) is 150 cm³/mol. The molecule has 0 aliphatic carbocycles. The van der Waals surface area contributed by atoms with Gasteiger partial charge in [-0.15, -0.1) is 0 Å². The van der Waals surface area contributed by atoms with Gasteiger partial charge in [0, 0.05) is 49.4 Å².